The highest BCUT2D eigenvalue weighted by Gasteiger charge is 2.28. The van der Waals surface area contributed by atoms with Gasteiger partial charge in [-0.15, -0.1) is 0 Å². The maximum Gasteiger partial charge on any atom is 0.225 e. The number of ether oxygens (including phenoxy) is 1. The molecule has 1 aromatic heterocycles. The van der Waals surface area contributed by atoms with E-state index < -0.39 is 0 Å². The van der Waals surface area contributed by atoms with E-state index >= 15 is 0 Å². The number of likely N-dealkylation sites (N-methyl/N-ethyl adjacent to an activating group) is 1. The number of carbonyl (C=O) groups is 1. The standard InChI is InChI=1S/C18H28N4O2/c1-14-16(6-4-12-24-14)18(23)20-13-15-5-3-7-19-17(15)22-10-8-21(2)9-11-22/h3,5,7,14,16H,4,6,8-13H2,1-2H3,(H,20,23). The van der Waals surface area contributed by atoms with E-state index in [9.17, 15) is 4.79 Å². The summed E-state index contributed by atoms with van der Waals surface area (Å²) in [5.41, 5.74) is 1.08. The third-order valence-electron chi connectivity index (χ3n) is 5.07. The third kappa shape index (κ3) is 4.05. The van der Waals surface area contributed by atoms with E-state index in [0.29, 0.717) is 6.54 Å². The number of pyridine rings is 1. The lowest BCUT2D eigenvalue weighted by Crippen LogP contribution is -2.45. The van der Waals surface area contributed by atoms with E-state index in [1.807, 2.05) is 19.2 Å². The van der Waals surface area contributed by atoms with Gasteiger partial charge in [0, 0.05) is 51.1 Å². The fourth-order valence-corrected chi connectivity index (χ4v) is 3.45. The molecule has 1 amide bonds. The Kier molecular flexibility index (Phi) is 5.68. The van der Waals surface area contributed by atoms with Gasteiger partial charge in [0.25, 0.3) is 0 Å². The monoisotopic (exact) mass is 332 g/mol. The van der Waals surface area contributed by atoms with Crippen LogP contribution in [-0.2, 0) is 16.1 Å². The molecule has 2 fully saturated rings. The average Bonchev–Trinajstić information content (AvgIpc) is 2.61. The summed E-state index contributed by atoms with van der Waals surface area (Å²) in [5.74, 6) is 1.05. The van der Waals surface area contributed by atoms with Crippen molar-refractivity contribution in [3.63, 3.8) is 0 Å². The molecule has 2 saturated heterocycles. The molecule has 132 valence electrons. The summed E-state index contributed by atoms with van der Waals surface area (Å²) in [6.45, 7) is 7.31. The van der Waals surface area contributed by atoms with Gasteiger partial charge in [-0.25, -0.2) is 4.98 Å². The smallest absolute Gasteiger partial charge is 0.225 e. The quantitative estimate of drug-likeness (QED) is 0.900. The largest absolute Gasteiger partial charge is 0.378 e. The van der Waals surface area contributed by atoms with Crippen LogP contribution in [0.3, 0.4) is 0 Å². The number of nitrogens with zero attached hydrogens (tertiary/aromatic N) is 3. The lowest BCUT2D eigenvalue weighted by molar-refractivity contribution is -0.133. The first-order valence-electron chi connectivity index (χ1n) is 8.92. The Morgan fingerprint density at radius 2 is 2.17 bits per heavy atom. The normalized spacial score (nSPS) is 25.5. The van der Waals surface area contributed by atoms with E-state index in [0.717, 1.165) is 57.0 Å². The van der Waals surface area contributed by atoms with E-state index in [4.69, 9.17) is 4.74 Å². The van der Waals surface area contributed by atoms with E-state index in [2.05, 4.69) is 33.2 Å². The van der Waals surface area contributed by atoms with Gasteiger partial charge in [0.2, 0.25) is 5.91 Å². The van der Waals surface area contributed by atoms with Crippen molar-refractivity contribution < 1.29 is 9.53 Å². The van der Waals surface area contributed by atoms with Crippen LogP contribution in [0, 0.1) is 5.92 Å². The second-order valence-corrected chi connectivity index (χ2v) is 6.82. The van der Waals surface area contributed by atoms with E-state index in [1.165, 1.54) is 0 Å². The number of nitrogens with one attached hydrogen (secondary N) is 1. The molecule has 24 heavy (non-hydrogen) atoms. The summed E-state index contributed by atoms with van der Waals surface area (Å²) in [5, 5.41) is 3.09. The fourth-order valence-electron chi connectivity index (χ4n) is 3.45. The molecule has 0 bridgehead atoms. The van der Waals surface area contributed by atoms with E-state index in [1.54, 1.807) is 0 Å². The minimum atomic E-state index is -0.0393. The molecule has 3 rings (SSSR count). The van der Waals surface area contributed by atoms with Crippen LogP contribution in [0.25, 0.3) is 0 Å². The highest BCUT2D eigenvalue weighted by Crippen LogP contribution is 2.22. The Bertz CT molecular complexity index is 558. The molecule has 0 aromatic carbocycles. The molecule has 0 radical (unpaired) electrons. The van der Waals surface area contributed by atoms with Gasteiger partial charge in [-0.05, 0) is 32.9 Å². The molecule has 2 aliphatic heterocycles. The van der Waals surface area contributed by atoms with Crippen molar-refractivity contribution in [2.45, 2.75) is 32.4 Å². The molecular formula is C18H28N4O2. The minimum Gasteiger partial charge on any atom is -0.378 e. The highest BCUT2D eigenvalue weighted by molar-refractivity contribution is 5.79. The molecule has 1 aromatic rings. The van der Waals surface area contributed by atoms with Gasteiger partial charge < -0.3 is 19.9 Å². The van der Waals surface area contributed by atoms with Gasteiger partial charge in [-0.2, -0.15) is 0 Å². The zero-order valence-electron chi connectivity index (χ0n) is 14.7. The van der Waals surface area contributed by atoms with Gasteiger partial charge in [-0.1, -0.05) is 6.07 Å². The molecule has 2 atom stereocenters. The van der Waals surface area contributed by atoms with Crippen LogP contribution in [0.2, 0.25) is 0 Å². The predicted molar refractivity (Wildman–Crippen MR) is 93.9 cm³/mol. The SMILES string of the molecule is CC1OCCCC1C(=O)NCc1cccnc1N1CCN(C)CC1. The minimum absolute atomic E-state index is 0.00440. The number of carbonyl (C=O) groups excluding carboxylic acids is 1. The summed E-state index contributed by atoms with van der Waals surface area (Å²) in [6, 6.07) is 4.00. The van der Waals surface area contributed by atoms with Crippen LogP contribution in [-0.4, -0.2) is 61.7 Å². The maximum atomic E-state index is 12.5. The van der Waals surface area contributed by atoms with Gasteiger partial charge in [0.05, 0.1) is 12.0 Å². The second kappa shape index (κ2) is 7.94. The molecule has 0 saturated carbocycles. The van der Waals surface area contributed by atoms with Crippen molar-refractivity contribution >= 4 is 11.7 Å². The first-order valence-corrected chi connectivity index (χ1v) is 8.92. The Labute approximate surface area is 144 Å². The number of hydrogen-bond acceptors (Lipinski definition) is 5. The number of anilines is 1. The molecular weight excluding hydrogens is 304 g/mol. The summed E-state index contributed by atoms with van der Waals surface area (Å²) >= 11 is 0. The lowest BCUT2D eigenvalue weighted by Gasteiger charge is -2.34. The maximum absolute atomic E-state index is 12.5. The molecule has 0 spiro atoms. The van der Waals surface area contributed by atoms with Gasteiger partial charge in [0.1, 0.15) is 5.82 Å². The third-order valence-corrected chi connectivity index (χ3v) is 5.07. The molecule has 6 heteroatoms. The highest BCUT2D eigenvalue weighted by atomic mass is 16.5. The molecule has 6 nitrogen and oxygen atoms in total. The summed E-state index contributed by atoms with van der Waals surface area (Å²) in [6.07, 6.45) is 3.70. The zero-order chi connectivity index (χ0) is 16.9. The number of amides is 1. The van der Waals surface area contributed by atoms with Crippen LogP contribution in [0.5, 0.6) is 0 Å². The van der Waals surface area contributed by atoms with E-state index in [-0.39, 0.29) is 17.9 Å². The topological polar surface area (TPSA) is 57.7 Å². The Balaban J connectivity index is 1.62. The molecule has 1 N–H and O–H groups in total. The van der Waals surface area contributed by atoms with Crippen molar-refractivity contribution in [1.82, 2.24) is 15.2 Å². The Morgan fingerprint density at radius 1 is 1.38 bits per heavy atom. The summed E-state index contributed by atoms with van der Waals surface area (Å²) in [7, 11) is 2.14. The average molecular weight is 332 g/mol. The molecule has 2 aliphatic rings. The first-order chi connectivity index (χ1) is 11.6. The van der Waals surface area contributed by atoms with Crippen molar-refractivity contribution in [2.24, 2.45) is 5.92 Å². The Morgan fingerprint density at radius 3 is 2.92 bits per heavy atom. The number of hydrogen-bond donors (Lipinski definition) is 1. The van der Waals surface area contributed by atoms with Gasteiger partial charge in [-0.3, -0.25) is 4.79 Å². The number of aromatic nitrogens is 1. The molecule has 3 heterocycles. The van der Waals surface area contributed by atoms with Crippen LogP contribution >= 0.6 is 0 Å². The summed E-state index contributed by atoms with van der Waals surface area (Å²) in [4.78, 5) is 21.7. The van der Waals surface area contributed by atoms with Gasteiger partial charge in [0.15, 0.2) is 0 Å². The van der Waals surface area contributed by atoms with Crippen molar-refractivity contribution in [3.05, 3.63) is 23.9 Å². The van der Waals surface area contributed by atoms with Crippen molar-refractivity contribution in [2.75, 3.05) is 44.7 Å². The van der Waals surface area contributed by atoms with Crippen molar-refractivity contribution in [1.29, 1.82) is 0 Å². The second-order valence-electron chi connectivity index (χ2n) is 6.82. The fraction of sp³-hybridized carbons (Fsp3) is 0.667. The lowest BCUT2D eigenvalue weighted by atomic mass is 9.94. The molecule has 2 unspecified atom stereocenters. The van der Waals surface area contributed by atoms with Crippen molar-refractivity contribution in [3.8, 4) is 0 Å². The van der Waals surface area contributed by atoms with Crippen LogP contribution in [0.4, 0.5) is 5.82 Å². The number of rotatable bonds is 4. The predicted octanol–water partition coefficient (Wildman–Crippen LogP) is 1.26. The Hall–Kier alpha value is -1.66. The molecule has 0 aliphatic carbocycles. The van der Waals surface area contributed by atoms with Crippen LogP contribution in [0.15, 0.2) is 18.3 Å². The zero-order valence-corrected chi connectivity index (χ0v) is 14.7. The van der Waals surface area contributed by atoms with Gasteiger partial charge >= 0.3 is 0 Å². The van der Waals surface area contributed by atoms with Crippen LogP contribution in [0.1, 0.15) is 25.3 Å². The number of piperazine rings is 1. The first kappa shape index (κ1) is 17.2. The summed E-state index contributed by atoms with van der Waals surface area (Å²) < 4.78 is 5.61. The van der Waals surface area contributed by atoms with Crippen LogP contribution < -0.4 is 10.2 Å².